The van der Waals surface area contributed by atoms with Gasteiger partial charge in [0.1, 0.15) is 5.82 Å². The molecule has 0 saturated carbocycles. The smallest absolute Gasteiger partial charge is 0.146 e. The van der Waals surface area contributed by atoms with Crippen LogP contribution in [0.3, 0.4) is 0 Å². The van der Waals surface area contributed by atoms with E-state index in [1.165, 1.54) is 6.07 Å². The second-order valence-corrected chi connectivity index (χ2v) is 4.13. The first-order chi connectivity index (χ1) is 7.58. The third-order valence-electron chi connectivity index (χ3n) is 2.50. The molecule has 16 heavy (non-hydrogen) atoms. The fourth-order valence-electron chi connectivity index (χ4n) is 1.66. The van der Waals surface area contributed by atoms with Crippen LogP contribution in [0, 0.1) is 12.7 Å². The minimum absolute atomic E-state index is 0.159. The fourth-order valence-corrected chi connectivity index (χ4v) is 1.89. The van der Waals surface area contributed by atoms with E-state index in [9.17, 15) is 4.39 Å². The monoisotopic (exact) mass is 235 g/mol. The second-order valence-electron chi connectivity index (χ2n) is 3.70. The van der Waals surface area contributed by atoms with Crippen LogP contribution in [0.4, 0.5) is 10.1 Å². The van der Waals surface area contributed by atoms with Crippen molar-refractivity contribution in [2.24, 2.45) is 0 Å². The maximum Gasteiger partial charge on any atom is 0.146 e. The molecule has 0 fully saturated rings. The van der Waals surface area contributed by atoms with Crippen LogP contribution >= 0.6 is 11.6 Å². The highest BCUT2D eigenvalue weighted by atomic mass is 35.5. The minimum atomic E-state index is -0.393. The molecule has 0 atom stereocenters. The number of rotatable bonds is 1. The Morgan fingerprint density at radius 3 is 2.50 bits per heavy atom. The zero-order valence-electron chi connectivity index (χ0n) is 8.80. The summed E-state index contributed by atoms with van der Waals surface area (Å²) in [5, 5.41) is 0.691. The first-order valence-corrected chi connectivity index (χ1v) is 5.27. The number of aryl methyl sites for hydroxylation is 1. The predicted octanol–water partition coefficient (Wildman–Crippen LogP) is 4.04. The molecule has 0 amide bonds. The van der Waals surface area contributed by atoms with Crippen LogP contribution < -0.4 is 5.73 Å². The van der Waals surface area contributed by atoms with Crippen LogP contribution in [0.1, 0.15) is 5.56 Å². The van der Waals surface area contributed by atoms with Crippen molar-refractivity contribution in [3.8, 4) is 11.1 Å². The fraction of sp³-hybridized carbons (Fsp3) is 0.0769. The molecule has 0 unspecified atom stereocenters. The van der Waals surface area contributed by atoms with E-state index in [2.05, 4.69) is 0 Å². The van der Waals surface area contributed by atoms with Crippen molar-refractivity contribution in [3.63, 3.8) is 0 Å². The van der Waals surface area contributed by atoms with E-state index in [0.29, 0.717) is 5.02 Å². The summed E-state index contributed by atoms with van der Waals surface area (Å²) in [5.74, 6) is -0.393. The summed E-state index contributed by atoms with van der Waals surface area (Å²) < 4.78 is 13.0. The Morgan fingerprint density at radius 1 is 1.12 bits per heavy atom. The number of benzene rings is 2. The maximum absolute atomic E-state index is 13.0. The van der Waals surface area contributed by atoms with E-state index < -0.39 is 5.82 Å². The summed E-state index contributed by atoms with van der Waals surface area (Å²) in [5.41, 5.74) is 8.64. The van der Waals surface area contributed by atoms with Crippen molar-refractivity contribution in [2.75, 3.05) is 5.73 Å². The van der Waals surface area contributed by atoms with E-state index in [-0.39, 0.29) is 5.69 Å². The van der Waals surface area contributed by atoms with Gasteiger partial charge in [-0.05, 0) is 47.9 Å². The molecule has 2 rings (SSSR count). The van der Waals surface area contributed by atoms with Gasteiger partial charge in [-0.2, -0.15) is 0 Å². The van der Waals surface area contributed by atoms with Crippen LogP contribution in [0.15, 0.2) is 36.4 Å². The highest BCUT2D eigenvalue weighted by Gasteiger charge is 2.05. The van der Waals surface area contributed by atoms with Gasteiger partial charge in [0.2, 0.25) is 0 Å². The molecule has 0 aliphatic rings. The van der Waals surface area contributed by atoms with Crippen molar-refractivity contribution in [1.29, 1.82) is 0 Å². The summed E-state index contributed by atoms with van der Waals surface area (Å²) in [4.78, 5) is 0. The molecule has 0 heterocycles. The molecule has 3 heteroatoms. The van der Waals surface area contributed by atoms with Gasteiger partial charge in [0.05, 0.1) is 5.69 Å². The molecule has 2 N–H and O–H groups in total. The minimum Gasteiger partial charge on any atom is -0.396 e. The second kappa shape index (κ2) is 4.14. The SMILES string of the molecule is Cc1cc(Cl)ccc1-c1ccc(F)c(N)c1. The van der Waals surface area contributed by atoms with Crippen molar-refractivity contribution in [3.05, 3.63) is 52.8 Å². The maximum atomic E-state index is 13.0. The number of nitrogens with two attached hydrogens (primary N) is 1. The third-order valence-corrected chi connectivity index (χ3v) is 2.73. The molecule has 0 spiro atoms. The lowest BCUT2D eigenvalue weighted by atomic mass is 10.0. The van der Waals surface area contributed by atoms with Gasteiger partial charge in [-0.3, -0.25) is 0 Å². The molecular formula is C13H11ClFN. The van der Waals surface area contributed by atoms with Crippen molar-refractivity contribution in [1.82, 2.24) is 0 Å². The Bertz CT molecular complexity index is 537. The number of hydrogen-bond acceptors (Lipinski definition) is 1. The van der Waals surface area contributed by atoms with Crippen LogP contribution in [-0.2, 0) is 0 Å². The van der Waals surface area contributed by atoms with Crippen molar-refractivity contribution >= 4 is 17.3 Å². The Balaban J connectivity index is 2.54. The molecule has 82 valence electrons. The predicted molar refractivity (Wildman–Crippen MR) is 66.0 cm³/mol. The summed E-state index contributed by atoms with van der Waals surface area (Å²) >= 11 is 5.88. The van der Waals surface area contributed by atoms with Gasteiger partial charge in [0.25, 0.3) is 0 Å². The summed E-state index contributed by atoms with van der Waals surface area (Å²) in [6, 6.07) is 10.3. The number of anilines is 1. The van der Waals surface area contributed by atoms with Gasteiger partial charge in [0.15, 0.2) is 0 Å². The molecule has 0 aromatic heterocycles. The average molecular weight is 236 g/mol. The van der Waals surface area contributed by atoms with Crippen molar-refractivity contribution in [2.45, 2.75) is 6.92 Å². The number of halogens is 2. The molecule has 0 aliphatic heterocycles. The highest BCUT2D eigenvalue weighted by molar-refractivity contribution is 6.30. The molecule has 0 radical (unpaired) electrons. The van der Waals surface area contributed by atoms with Gasteiger partial charge >= 0.3 is 0 Å². The number of hydrogen-bond donors (Lipinski definition) is 1. The Morgan fingerprint density at radius 2 is 1.88 bits per heavy atom. The van der Waals surface area contributed by atoms with Gasteiger partial charge in [0, 0.05) is 5.02 Å². The lowest BCUT2D eigenvalue weighted by Gasteiger charge is -2.07. The molecule has 0 bridgehead atoms. The lowest BCUT2D eigenvalue weighted by molar-refractivity contribution is 0.632. The first-order valence-electron chi connectivity index (χ1n) is 4.89. The molecule has 2 aromatic carbocycles. The van der Waals surface area contributed by atoms with Gasteiger partial charge in [-0.1, -0.05) is 23.7 Å². The standard InChI is InChI=1S/C13H11ClFN/c1-8-6-10(14)3-4-11(8)9-2-5-12(15)13(16)7-9/h2-7H,16H2,1H3. The van der Waals surface area contributed by atoms with E-state index in [0.717, 1.165) is 16.7 Å². The quantitative estimate of drug-likeness (QED) is 0.742. The van der Waals surface area contributed by atoms with E-state index >= 15 is 0 Å². The van der Waals surface area contributed by atoms with Gasteiger partial charge < -0.3 is 5.73 Å². The van der Waals surface area contributed by atoms with E-state index in [4.69, 9.17) is 17.3 Å². The molecular weight excluding hydrogens is 225 g/mol. The zero-order valence-corrected chi connectivity index (χ0v) is 9.55. The zero-order chi connectivity index (χ0) is 11.7. The molecule has 0 saturated heterocycles. The van der Waals surface area contributed by atoms with Crippen LogP contribution in [0.5, 0.6) is 0 Å². The largest absolute Gasteiger partial charge is 0.396 e. The summed E-state index contributed by atoms with van der Waals surface area (Å²) in [6.45, 7) is 1.96. The van der Waals surface area contributed by atoms with E-state index in [1.807, 2.05) is 25.1 Å². The Hall–Kier alpha value is -1.54. The Labute approximate surface area is 98.7 Å². The normalized spacial score (nSPS) is 10.4. The van der Waals surface area contributed by atoms with Crippen LogP contribution in [-0.4, -0.2) is 0 Å². The third kappa shape index (κ3) is 2.02. The van der Waals surface area contributed by atoms with Crippen LogP contribution in [0.2, 0.25) is 5.02 Å². The topological polar surface area (TPSA) is 26.0 Å². The van der Waals surface area contributed by atoms with Crippen molar-refractivity contribution < 1.29 is 4.39 Å². The summed E-state index contributed by atoms with van der Waals surface area (Å²) in [6.07, 6.45) is 0. The lowest BCUT2D eigenvalue weighted by Crippen LogP contribution is -1.91. The molecule has 0 aliphatic carbocycles. The summed E-state index contributed by atoms with van der Waals surface area (Å²) in [7, 11) is 0. The number of nitrogen functional groups attached to an aromatic ring is 1. The van der Waals surface area contributed by atoms with E-state index in [1.54, 1.807) is 12.1 Å². The first kappa shape index (κ1) is 11.0. The average Bonchev–Trinajstić information content (AvgIpc) is 2.22. The van der Waals surface area contributed by atoms with Crippen LogP contribution in [0.25, 0.3) is 11.1 Å². The molecule has 2 aromatic rings. The van der Waals surface area contributed by atoms with Gasteiger partial charge in [-0.15, -0.1) is 0 Å². The molecule has 1 nitrogen and oxygen atoms in total. The Kier molecular flexibility index (Phi) is 2.84. The van der Waals surface area contributed by atoms with Gasteiger partial charge in [-0.25, -0.2) is 4.39 Å². The highest BCUT2D eigenvalue weighted by Crippen LogP contribution is 2.28.